The number of hydrogen-bond acceptors (Lipinski definition) is 5. The van der Waals surface area contributed by atoms with Crippen molar-refractivity contribution in [2.45, 2.75) is 11.6 Å². The highest BCUT2D eigenvalue weighted by Gasteiger charge is 2.54. The molecular weight excluding hydrogens is 254 g/mol. The van der Waals surface area contributed by atoms with E-state index in [2.05, 4.69) is 16.8 Å². The largest absolute Gasteiger partial charge is 0.378 e. The van der Waals surface area contributed by atoms with E-state index in [0.717, 1.165) is 26.2 Å². The molecule has 6 nitrogen and oxygen atoms in total. The van der Waals surface area contributed by atoms with Crippen LogP contribution in [-0.4, -0.2) is 93.3 Å². The molecule has 0 radical (unpaired) electrons. The standard InChI is InChI=1S/C11H21N3O3S/c1-12-7-11(8-12)9-13(18(2,15)16)5-10-6-17-4-3-14(10)11/h10H,3-9H2,1-2H3. The third kappa shape index (κ3) is 1.98. The molecule has 1 unspecified atom stereocenters. The minimum absolute atomic E-state index is 0.0184. The van der Waals surface area contributed by atoms with E-state index in [1.165, 1.54) is 6.26 Å². The molecule has 1 atom stereocenters. The maximum atomic E-state index is 11.8. The Labute approximate surface area is 109 Å². The number of nitrogens with zero attached hydrogens (tertiary/aromatic N) is 3. The summed E-state index contributed by atoms with van der Waals surface area (Å²) in [6.07, 6.45) is 1.31. The van der Waals surface area contributed by atoms with Gasteiger partial charge in [0, 0.05) is 38.8 Å². The number of likely N-dealkylation sites (tertiary alicyclic amines) is 1. The summed E-state index contributed by atoms with van der Waals surface area (Å²) in [5, 5.41) is 0. The van der Waals surface area contributed by atoms with Crippen molar-refractivity contribution in [3.05, 3.63) is 0 Å². The van der Waals surface area contributed by atoms with Crippen molar-refractivity contribution in [1.29, 1.82) is 0 Å². The zero-order valence-electron chi connectivity index (χ0n) is 11.0. The smallest absolute Gasteiger partial charge is 0.211 e. The Morgan fingerprint density at radius 2 is 2.00 bits per heavy atom. The lowest BCUT2D eigenvalue weighted by molar-refractivity contribution is -0.147. The molecule has 3 aliphatic rings. The second-order valence-electron chi connectivity index (χ2n) is 5.87. The van der Waals surface area contributed by atoms with Crippen LogP contribution < -0.4 is 0 Å². The second kappa shape index (κ2) is 4.14. The molecule has 3 heterocycles. The van der Waals surface area contributed by atoms with E-state index in [0.29, 0.717) is 19.7 Å². The highest BCUT2D eigenvalue weighted by atomic mass is 32.2. The van der Waals surface area contributed by atoms with Crippen molar-refractivity contribution in [2.24, 2.45) is 0 Å². The number of fused-ring (bicyclic) bond motifs is 2. The van der Waals surface area contributed by atoms with E-state index in [9.17, 15) is 8.42 Å². The van der Waals surface area contributed by atoms with Gasteiger partial charge in [-0.15, -0.1) is 0 Å². The van der Waals surface area contributed by atoms with E-state index in [1.807, 2.05) is 0 Å². The van der Waals surface area contributed by atoms with Gasteiger partial charge in [-0.25, -0.2) is 8.42 Å². The minimum Gasteiger partial charge on any atom is -0.378 e. The van der Waals surface area contributed by atoms with Gasteiger partial charge in [0.05, 0.1) is 25.0 Å². The van der Waals surface area contributed by atoms with Gasteiger partial charge in [0.2, 0.25) is 10.0 Å². The number of morpholine rings is 1. The monoisotopic (exact) mass is 275 g/mol. The van der Waals surface area contributed by atoms with Crippen LogP contribution in [-0.2, 0) is 14.8 Å². The molecule has 7 heteroatoms. The molecule has 3 saturated heterocycles. The van der Waals surface area contributed by atoms with Crippen LogP contribution >= 0.6 is 0 Å². The third-order valence-electron chi connectivity index (χ3n) is 4.32. The molecule has 0 aliphatic carbocycles. The van der Waals surface area contributed by atoms with Gasteiger partial charge in [-0.3, -0.25) is 4.90 Å². The second-order valence-corrected chi connectivity index (χ2v) is 7.86. The topological polar surface area (TPSA) is 53.1 Å². The number of sulfonamides is 1. The molecule has 104 valence electrons. The molecule has 1 spiro atoms. The van der Waals surface area contributed by atoms with Crippen molar-refractivity contribution in [3.8, 4) is 0 Å². The van der Waals surface area contributed by atoms with E-state index in [1.54, 1.807) is 4.31 Å². The van der Waals surface area contributed by atoms with E-state index in [4.69, 9.17) is 4.74 Å². The van der Waals surface area contributed by atoms with Crippen molar-refractivity contribution in [2.75, 3.05) is 59.2 Å². The van der Waals surface area contributed by atoms with Gasteiger partial charge < -0.3 is 9.64 Å². The van der Waals surface area contributed by atoms with Crippen LogP contribution in [0.4, 0.5) is 0 Å². The Morgan fingerprint density at radius 3 is 2.61 bits per heavy atom. The van der Waals surface area contributed by atoms with Gasteiger partial charge in [0.1, 0.15) is 0 Å². The first kappa shape index (κ1) is 12.8. The molecule has 3 rings (SSSR count). The van der Waals surface area contributed by atoms with Crippen LogP contribution in [0.1, 0.15) is 0 Å². The molecule has 0 aromatic carbocycles. The molecule has 0 N–H and O–H groups in total. The lowest BCUT2D eigenvalue weighted by Crippen LogP contribution is -2.80. The molecule has 3 fully saturated rings. The molecule has 0 aromatic rings. The van der Waals surface area contributed by atoms with Crippen molar-refractivity contribution in [3.63, 3.8) is 0 Å². The summed E-state index contributed by atoms with van der Waals surface area (Å²) in [4.78, 5) is 4.73. The summed E-state index contributed by atoms with van der Waals surface area (Å²) in [6.45, 7) is 5.45. The van der Waals surface area contributed by atoms with Crippen molar-refractivity contribution < 1.29 is 13.2 Å². The number of rotatable bonds is 1. The van der Waals surface area contributed by atoms with Crippen LogP contribution in [0.3, 0.4) is 0 Å². The predicted octanol–water partition coefficient (Wildman–Crippen LogP) is -1.35. The van der Waals surface area contributed by atoms with E-state index < -0.39 is 10.0 Å². The summed E-state index contributed by atoms with van der Waals surface area (Å²) < 4.78 is 30.8. The van der Waals surface area contributed by atoms with E-state index >= 15 is 0 Å². The highest BCUT2D eigenvalue weighted by Crippen LogP contribution is 2.35. The summed E-state index contributed by atoms with van der Waals surface area (Å²) in [5.74, 6) is 0. The third-order valence-corrected chi connectivity index (χ3v) is 5.54. The van der Waals surface area contributed by atoms with Gasteiger partial charge in [0.15, 0.2) is 0 Å². The Kier molecular flexibility index (Phi) is 2.95. The summed E-state index contributed by atoms with van der Waals surface area (Å²) in [6, 6.07) is 0.218. The zero-order valence-corrected chi connectivity index (χ0v) is 11.8. The minimum atomic E-state index is -3.11. The molecule has 0 aromatic heterocycles. The fraction of sp³-hybridized carbons (Fsp3) is 1.00. The van der Waals surface area contributed by atoms with Crippen LogP contribution in [0, 0.1) is 0 Å². The molecule has 3 aliphatic heterocycles. The summed E-state index contributed by atoms with van der Waals surface area (Å²) in [5.41, 5.74) is 0.0184. The SMILES string of the molecule is CN1CC2(C1)CN(S(C)(=O)=O)CC1COCCN12. The first-order valence-electron chi connectivity index (χ1n) is 6.39. The van der Waals surface area contributed by atoms with Crippen LogP contribution in [0.25, 0.3) is 0 Å². The van der Waals surface area contributed by atoms with Gasteiger partial charge in [-0.2, -0.15) is 4.31 Å². The highest BCUT2D eigenvalue weighted by molar-refractivity contribution is 7.88. The fourth-order valence-electron chi connectivity index (χ4n) is 3.64. The first-order valence-corrected chi connectivity index (χ1v) is 8.24. The van der Waals surface area contributed by atoms with Crippen LogP contribution in [0.5, 0.6) is 0 Å². The Hall–Kier alpha value is -0.210. The fourth-order valence-corrected chi connectivity index (χ4v) is 4.56. The zero-order chi connectivity index (χ0) is 13.0. The van der Waals surface area contributed by atoms with Crippen molar-refractivity contribution in [1.82, 2.24) is 14.1 Å². The Bertz CT molecular complexity index is 433. The van der Waals surface area contributed by atoms with Gasteiger partial charge >= 0.3 is 0 Å². The Morgan fingerprint density at radius 1 is 1.28 bits per heavy atom. The lowest BCUT2D eigenvalue weighted by atomic mass is 9.84. The predicted molar refractivity (Wildman–Crippen MR) is 68.0 cm³/mol. The molecule has 18 heavy (non-hydrogen) atoms. The Balaban J connectivity index is 1.87. The van der Waals surface area contributed by atoms with Crippen LogP contribution in [0.2, 0.25) is 0 Å². The average Bonchev–Trinajstić information content (AvgIpc) is 2.26. The van der Waals surface area contributed by atoms with Crippen molar-refractivity contribution >= 4 is 10.0 Å². The van der Waals surface area contributed by atoms with E-state index in [-0.39, 0.29) is 11.6 Å². The molecule has 0 bridgehead atoms. The van der Waals surface area contributed by atoms with Gasteiger partial charge in [-0.05, 0) is 7.05 Å². The maximum Gasteiger partial charge on any atom is 0.211 e. The summed E-state index contributed by atoms with van der Waals surface area (Å²) >= 11 is 0. The molecular formula is C11H21N3O3S. The number of piperazine rings is 1. The number of hydrogen-bond donors (Lipinski definition) is 0. The molecule has 0 saturated carbocycles. The number of ether oxygens (including phenoxy) is 1. The first-order chi connectivity index (χ1) is 8.41. The average molecular weight is 275 g/mol. The summed E-state index contributed by atoms with van der Waals surface area (Å²) in [7, 11) is -1.03. The molecule has 0 amide bonds. The number of likely N-dealkylation sites (N-methyl/N-ethyl adjacent to an activating group) is 1. The lowest BCUT2D eigenvalue weighted by Gasteiger charge is -2.62. The quantitative estimate of drug-likeness (QED) is 0.592. The normalized spacial score (nSPS) is 34.2. The van der Waals surface area contributed by atoms with Crippen LogP contribution in [0.15, 0.2) is 0 Å². The van der Waals surface area contributed by atoms with Gasteiger partial charge in [-0.1, -0.05) is 0 Å². The van der Waals surface area contributed by atoms with Gasteiger partial charge in [0.25, 0.3) is 0 Å². The maximum absolute atomic E-state index is 11.8.